The van der Waals surface area contributed by atoms with E-state index >= 15 is 0 Å². The van der Waals surface area contributed by atoms with E-state index in [9.17, 15) is 18.4 Å². The molecule has 0 bridgehead atoms. The van der Waals surface area contributed by atoms with Crippen LogP contribution in [0.3, 0.4) is 0 Å². The number of rotatable bonds is 4. The molecule has 2 atom stereocenters. The minimum absolute atomic E-state index is 0.0135. The van der Waals surface area contributed by atoms with Crippen LogP contribution in [0.1, 0.15) is 26.7 Å². The van der Waals surface area contributed by atoms with E-state index in [1.807, 2.05) is 6.92 Å². The number of amides is 2. The van der Waals surface area contributed by atoms with Crippen LogP contribution in [-0.4, -0.2) is 28.8 Å². The van der Waals surface area contributed by atoms with Crippen molar-refractivity contribution in [2.75, 3.05) is 5.32 Å². The number of hydrogen-bond donors (Lipinski definition) is 1. The molecule has 0 radical (unpaired) electrons. The maximum atomic E-state index is 13.7. The van der Waals surface area contributed by atoms with Crippen LogP contribution in [0.15, 0.2) is 16.6 Å². The topological polar surface area (TPSA) is 49.4 Å². The number of anilines is 1. The van der Waals surface area contributed by atoms with Gasteiger partial charge in [-0.25, -0.2) is 8.78 Å². The van der Waals surface area contributed by atoms with Crippen molar-refractivity contribution in [3.63, 3.8) is 0 Å². The van der Waals surface area contributed by atoms with Crippen molar-refractivity contribution in [2.24, 2.45) is 0 Å². The highest BCUT2D eigenvalue weighted by Crippen LogP contribution is 2.27. The lowest BCUT2D eigenvalue weighted by molar-refractivity contribution is -0.140. The molecule has 21 heavy (non-hydrogen) atoms. The Labute approximate surface area is 129 Å². The second-order valence-electron chi connectivity index (χ2n) is 5.01. The van der Waals surface area contributed by atoms with Gasteiger partial charge >= 0.3 is 0 Å². The number of carbonyl (C=O) groups is 2. The third kappa shape index (κ3) is 3.07. The highest BCUT2D eigenvalue weighted by Gasteiger charge is 2.40. The van der Waals surface area contributed by atoms with Crippen molar-refractivity contribution >= 4 is 33.4 Å². The number of likely N-dealkylation sites (tertiary alicyclic amines) is 1. The average molecular weight is 361 g/mol. The molecule has 2 unspecified atom stereocenters. The van der Waals surface area contributed by atoms with Gasteiger partial charge in [-0.2, -0.15) is 0 Å². The lowest BCUT2D eigenvalue weighted by Crippen LogP contribution is -2.40. The van der Waals surface area contributed by atoms with Crippen molar-refractivity contribution < 1.29 is 18.4 Å². The van der Waals surface area contributed by atoms with Gasteiger partial charge in [-0.1, -0.05) is 6.92 Å². The van der Waals surface area contributed by atoms with Gasteiger partial charge < -0.3 is 5.32 Å². The first-order chi connectivity index (χ1) is 9.85. The summed E-state index contributed by atoms with van der Waals surface area (Å²) in [6, 6.07) is 0.925. The molecule has 1 N–H and O–H groups in total. The SMILES string of the molecule is CCC(C)N1C(=O)CC(Nc2cc(Br)c(F)cc2F)C1=O. The van der Waals surface area contributed by atoms with Crippen LogP contribution in [0, 0.1) is 11.6 Å². The van der Waals surface area contributed by atoms with Crippen LogP contribution in [0.25, 0.3) is 0 Å². The Bertz CT molecular complexity index is 595. The molecule has 1 aliphatic heterocycles. The lowest BCUT2D eigenvalue weighted by Gasteiger charge is -2.22. The number of nitrogens with zero attached hydrogens (tertiary/aromatic N) is 1. The molecule has 0 spiro atoms. The Morgan fingerprint density at radius 2 is 2.05 bits per heavy atom. The summed E-state index contributed by atoms with van der Waals surface area (Å²) >= 11 is 2.96. The molecule has 114 valence electrons. The second-order valence-corrected chi connectivity index (χ2v) is 5.86. The molecule has 1 aliphatic rings. The molecule has 2 amide bonds. The first-order valence-electron chi connectivity index (χ1n) is 6.62. The third-order valence-electron chi connectivity index (χ3n) is 3.55. The van der Waals surface area contributed by atoms with E-state index in [2.05, 4.69) is 21.2 Å². The third-order valence-corrected chi connectivity index (χ3v) is 4.16. The summed E-state index contributed by atoms with van der Waals surface area (Å²) in [5.74, 6) is -2.20. The van der Waals surface area contributed by atoms with Gasteiger partial charge in [-0.05, 0) is 35.3 Å². The Hall–Kier alpha value is -1.50. The minimum atomic E-state index is -0.821. The van der Waals surface area contributed by atoms with Gasteiger partial charge in [0.25, 0.3) is 5.91 Å². The van der Waals surface area contributed by atoms with Crippen LogP contribution in [-0.2, 0) is 9.59 Å². The zero-order chi connectivity index (χ0) is 15.7. The van der Waals surface area contributed by atoms with Crippen molar-refractivity contribution in [1.29, 1.82) is 0 Å². The summed E-state index contributed by atoms with van der Waals surface area (Å²) in [5.41, 5.74) is -0.0135. The second kappa shape index (κ2) is 6.09. The standard InChI is InChI=1S/C14H15BrF2N2O2/c1-3-7(2)19-13(20)6-12(14(19)21)18-11-4-8(15)9(16)5-10(11)17/h4-5,7,12,18H,3,6H2,1-2H3. The number of nitrogens with one attached hydrogen (secondary N) is 1. The molecular weight excluding hydrogens is 346 g/mol. The molecule has 4 nitrogen and oxygen atoms in total. The summed E-state index contributed by atoms with van der Waals surface area (Å²) in [6.45, 7) is 3.66. The number of carbonyl (C=O) groups excluding carboxylic acids is 2. The number of halogens is 3. The fourth-order valence-corrected chi connectivity index (χ4v) is 2.57. The van der Waals surface area contributed by atoms with Gasteiger partial charge in [0.15, 0.2) is 0 Å². The average Bonchev–Trinajstić information content (AvgIpc) is 2.70. The van der Waals surface area contributed by atoms with Crippen molar-refractivity contribution in [2.45, 2.75) is 38.8 Å². The van der Waals surface area contributed by atoms with E-state index in [1.165, 1.54) is 11.0 Å². The highest BCUT2D eigenvalue weighted by molar-refractivity contribution is 9.10. The fraction of sp³-hybridized carbons (Fsp3) is 0.429. The summed E-state index contributed by atoms with van der Waals surface area (Å²) in [4.78, 5) is 25.3. The zero-order valence-corrected chi connectivity index (χ0v) is 13.2. The largest absolute Gasteiger partial charge is 0.371 e. The molecule has 0 aliphatic carbocycles. The summed E-state index contributed by atoms with van der Waals surface area (Å²) in [5, 5.41) is 2.68. The normalized spacial score (nSPS) is 20.0. The fourth-order valence-electron chi connectivity index (χ4n) is 2.23. The van der Waals surface area contributed by atoms with Gasteiger partial charge in [0.1, 0.15) is 17.7 Å². The molecule has 1 heterocycles. The predicted molar refractivity (Wildman–Crippen MR) is 77.7 cm³/mol. The molecule has 2 rings (SSSR count). The predicted octanol–water partition coefficient (Wildman–Crippen LogP) is 3.07. The van der Waals surface area contributed by atoms with Crippen LogP contribution >= 0.6 is 15.9 Å². The molecule has 1 aromatic carbocycles. The first-order valence-corrected chi connectivity index (χ1v) is 7.41. The lowest BCUT2D eigenvalue weighted by atomic mass is 10.2. The zero-order valence-electron chi connectivity index (χ0n) is 11.6. The smallest absolute Gasteiger partial charge is 0.252 e. The van der Waals surface area contributed by atoms with Crippen molar-refractivity contribution in [1.82, 2.24) is 4.90 Å². The molecule has 0 aromatic heterocycles. The van der Waals surface area contributed by atoms with E-state index in [4.69, 9.17) is 0 Å². The Morgan fingerprint density at radius 3 is 2.67 bits per heavy atom. The van der Waals surface area contributed by atoms with E-state index in [0.717, 1.165) is 6.07 Å². The Kier molecular flexibility index (Phi) is 4.61. The number of hydrogen-bond acceptors (Lipinski definition) is 3. The van der Waals surface area contributed by atoms with Gasteiger partial charge in [0, 0.05) is 12.1 Å². The quantitative estimate of drug-likeness (QED) is 0.663. The van der Waals surface area contributed by atoms with Crippen LogP contribution < -0.4 is 5.32 Å². The Morgan fingerprint density at radius 1 is 1.38 bits per heavy atom. The van der Waals surface area contributed by atoms with Gasteiger partial charge in [-0.15, -0.1) is 0 Å². The van der Waals surface area contributed by atoms with E-state index in [0.29, 0.717) is 6.42 Å². The summed E-state index contributed by atoms with van der Waals surface area (Å²) in [6.07, 6.45) is 0.623. The van der Waals surface area contributed by atoms with Crippen LogP contribution in [0.4, 0.5) is 14.5 Å². The first kappa shape index (κ1) is 15.9. The van der Waals surface area contributed by atoms with Gasteiger partial charge in [-0.3, -0.25) is 14.5 Å². The highest BCUT2D eigenvalue weighted by atomic mass is 79.9. The van der Waals surface area contributed by atoms with Crippen LogP contribution in [0.2, 0.25) is 0 Å². The maximum Gasteiger partial charge on any atom is 0.252 e. The van der Waals surface area contributed by atoms with E-state index in [-0.39, 0.29) is 34.4 Å². The molecule has 0 saturated carbocycles. The van der Waals surface area contributed by atoms with E-state index in [1.54, 1.807) is 6.92 Å². The molecular formula is C14H15BrF2N2O2. The Balaban J connectivity index is 2.20. The molecule has 1 saturated heterocycles. The van der Waals surface area contributed by atoms with E-state index < -0.39 is 17.7 Å². The number of benzene rings is 1. The summed E-state index contributed by atoms with van der Waals surface area (Å²) < 4.78 is 27.0. The molecule has 7 heteroatoms. The van der Waals surface area contributed by atoms with Crippen LogP contribution in [0.5, 0.6) is 0 Å². The minimum Gasteiger partial charge on any atom is -0.371 e. The van der Waals surface area contributed by atoms with Crippen molar-refractivity contribution in [3.05, 3.63) is 28.2 Å². The monoisotopic (exact) mass is 360 g/mol. The van der Waals surface area contributed by atoms with Crippen molar-refractivity contribution in [3.8, 4) is 0 Å². The summed E-state index contributed by atoms with van der Waals surface area (Å²) in [7, 11) is 0. The molecule has 1 fully saturated rings. The number of imide groups is 1. The van der Waals surface area contributed by atoms with Gasteiger partial charge in [0.2, 0.25) is 5.91 Å². The van der Waals surface area contributed by atoms with Gasteiger partial charge in [0.05, 0.1) is 16.6 Å². The molecule has 1 aromatic rings. The maximum absolute atomic E-state index is 13.7.